The number of phosphoric ester groups is 1. The van der Waals surface area contributed by atoms with E-state index in [2.05, 4.69) is 50.3 Å². The molecule has 0 fully saturated rings. The summed E-state index contributed by atoms with van der Waals surface area (Å²) in [5.74, 6) is -0.499. The predicted octanol–water partition coefficient (Wildman–Crippen LogP) is 12.0. The number of carbonyl (C=O) groups excluding carboxylic acids is 1. The largest absolute Gasteiger partial charge is 0.498 e. The Hall–Kier alpha value is -2.26. The van der Waals surface area contributed by atoms with Crippen LogP contribution in [0.25, 0.3) is 0 Å². The van der Waals surface area contributed by atoms with Gasteiger partial charge in [-0.3, -0.25) is 13.8 Å². The average molecular weight is 809 g/mol. The molecule has 0 aliphatic heterocycles. The topological polar surface area (TPSA) is 112 Å². The van der Waals surface area contributed by atoms with Crippen LogP contribution in [-0.4, -0.2) is 80.2 Å². The maximum absolute atomic E-state index is 12.7. The molecule has 2 N–H and O–H groups in total. The van der Waals surface area contributed by atoms with Gasteiger partial charge in [0.15, 0.2) is 6.10 Å². The average Bonchev–Trinajstić information content (AvgIpc) is 3.14. The molecule has 324 valence electrons. The molecule has 10 heteroatoms. The fourth-order valence-corrected chi connectivity index (χ4v) is 6.18. The predicted molar refractivity (Wildman–Crippen MR) is 234 cm³/mol. The van der Waals surface area contributed by atoms with Gasteiger partial charge in [0.25, 0.3) is 0 Å². The van der Waals surface area contributed by atoms with Crippen LogP contribution >= 0.6 is 7.82 Å². The molecular formula is C46H83NO8P+. The van der Waals surface area contributed by atoms with Crippen molar-refractivity contribution in [2.75, 3.05) is 47.5 Å². The summed E-state index contributed by atoms with van der Waals surface area (Å²) in [6.45, 7) is 4.64. The fraction of sp³-hybridized carbons (Fsp3) is 0.717. The molecular weight excluding hydrogens is 725 g/mol. The van der Waals surface area contributed by atoms with Crippen molar-refractivity contribution < 1.29 is 42.4 Å². The fourth-order valence-electron chi connectivity index (χ4n) is 5.44. The molecule has 1 unspecified atom stereocenters. The van der Waals surface area contributed by atoms with Gasteiger partial charge >= 0.3 is 13.8 Å². The third-order valence-electron chi connectivity index (χ3n) is 8.91. The number of phosphoric acid groups is 1. The number of quaternary nitrogens is 1. The van der Waals surface area contributed by atoms with E-state index in [1.54, 1.807) is 12.3 Å². The number of aliphatic hydroxyl groups excluding tert-OH is 1. The number of hydrogen-bond donors (Lipinski definition) is 2. The van der Waals surface area contributed by atoms with Crippen LogP contribution in [0.3, 0.4) is 0 Å². The van der Waals surface area contributed by atoms with Crippen LogP contribution in [0.15, 0.2) is 73.1 Å². The number of allylic oxidation sites excluding steroid dienone is 10. The number of carbonyl (C=O) groups is 1. The molecule has 0 heterocycles. The minimum atomic E-state index is -4.35. The standard InChI is InChI=1S/C46H82NO8P/c1-6-8-10-12-14-16-18-20-21-22-24-26-28-30-32-34-40-52-42-45(43-54-56(50,51)53-41-39-47(3,4)5)55-46(49)38-35-37-44(48)36-33-31-29-27-25-23-19-17-15-13-11-9-7-2/h15,17,20-21,23,25,29,31,33-34,36,40,44-45,48H,6-14,16,18-19,22,24,26-28,30,32,35,37-39,41-43H2,1-5H3/p+1/b17-15-,21-20-,25-23-,31-29-,36-33+,40-34+/t44-,45+/m0/s1. The number of ether oxygens (including phenoxy) is 2. The van der Waals surface area contributed by atoms with Gasteiger partial charge in [-0.25, -0.2) is 4.57 Å². The maximum atomic E-state index is 12.7. The van der Waals surface area contributed by atoms with Crippen LogP contribution < -0.4 is 0 Å². The lowest BCUT2D eigenvalue weighted by atomic mass is 10.1. The highest BCUT2D eigenvalue weighted by atomic mass is 31.2. The van der Waals surface area contributed by atoms with E-state index < -0.39 is 26.0 Å². The zero-order chi connectivity index (χ0) is 41.4. The van der Waals surface area contributed by atoms with Gasteiger partial charge in [-0.1, -0.05) is 132 Å². The molecule has 0 saturated carbocycles. The first-order chi connectivity index (χ1) is 27.0. The van der Waals surface area contributed by atoms with Gasteiger partial charge in [0.05, 0.1) is 40.1 Å². The van der Waals surface area contributed by atoms with Crippen molar-refractivity contribution in [3.05, 3.63) is 73.1 Å². The second kappa shape index (κ2) is 38.3. The van der Waals surface area contributed by atoms with Gasteiger partial charge in [-0.2, -0.15) is 0 Å². The quantitative estimate of drug-likeness (QED) is 0.0120. The second-order valence-corrected chi connectivity index (χ2v) is 17.1. The van der Waals surface area contributed by atoms with Gasteiger partial charge in [-0.05, 0) is 83.1 Å². The van der Waals surface area contributed by atoms with E-state index in [0.29, 0.717) is 23.9 Å². The summed E-state index contributed by atoms with van der Waals surface area (Å²) >= 11 is 0. The Kier molecular flexibility index (Phi) is 36.7. The molecule has 0 amide bonds. The van der Waals surface area contributed by atoms with Crippen molar-refractivity contribution in [2.45, 2.75) is 167 Å². The van der Waals surface area contributed by atoms with Gasteiger partial charge in [0.1, 0.15) is 19.8 Å². The molecule has 0 aliphatic rings. The van der Waals surface area contributed by atoms with Gasteiger partial charge in [0, 0.05) is 6.42 Å². The van der Waals surface area contributed by atoms with Crippen molar-refractivity contribution in [3.8, 4) is 0 Å². The number of nitrogens with zero attached hydrogens (tertiary/aromatic N) is 1. The van der Waals surface area contributed by atoms with Crippen molar-refractivity contribution in [2.24, 2.45) is 0 Å². The lowest BCUT2D eigenvalue weighted by Crippen LogP contribution is -2.37. The molecule has 0 radical (unpaired) electrons. The van der Waals surface area contributed by atoms with Gasteiger partial charge < -0.3 is 24.0 Å². The van der Waals surface area contributed by atoms with E-state index in [-0.39, 0.29) is 26.2 Å². The summed E-state index contributed by atoms with van der Waals surface area (Å²) in [6.07, 6.45) is 46.3. The number of rotatable bonds is 39. The van der Waals surface area contributed by atoms with Gasteiger partial charge in [0.2, 0.25) is 0 Å². The molecule has 3 atom stereocenters. The minimum absolute atomic E-state index is 0.0329. The second-order valence-electron chi connectivity index (χ2n) is 15.6. The van der Waals surface area contributed by atoms with E-state index in [9.17, 15) is 19.4 Å². The number of hydrogen-bond acceptors (Lipinski definition) is 7. The van der Waals surface area contributed by atoms with Crippen LogP contribution in [0, 0.1) is 0 Å². The van der Waals surface area contributed by atoms with E-state index in [1.807, 2.05) is 45.4 Å². The number of esters is 1. The van der Waals surface area contributed by atoms with Crippen molar-refractivity contribution in [3.63, 3.8) is 0 Å². The summed E-state index contributed by atoms with van der Waals surface area (Å²) in [5, 5.41) is 10.3. The Morgan fingerprint density at radius 3 is 1.84 bits per heavy atom. The first kappa shape index (κ1) is 53.7. The zero-order valence-electron chi connectivity index (χ0n) is 36.2. The molecule has 0 bridgehead atoms. The van der Waals surface area contributed by atoms with Crippen LogP contribution in [0.5, 0.6) is 0 Å². The highest BCUT2D eigenvalue weighted by Gasteiger charge is 2.26. The Bertz CT molecular complexity index is 1140. The van der Waals surface area contributed by atoms with Crippen molar-refractivity contribution in [1.29, 1.82) is 0 Å². The van der Waals surface area contributed by atoms with Crippen LogP contribution in [0.4, 0.5) is 0 Å². The summed E-state index contributed by atoms with van der Waals surface area (Å²) in [4.78, 5) is 22.9. The van der Waals surface area contributed by atoms with E-state index in [0.717, 1.165) is 44.9 Å². The summed E-state index contributed by atoms with van der Waals surface area (Å²) in [7, 11) is 1.50. The lowest BCUT2D eigenvalue weighted by Gasteiger charge is -2.24. The molecule has 56 heavy (non-hydrogen) atoms. The molecule has 0 rings (SSSR count). The normalized spacial score (nSPS) is 15.0. The third kappa shape index (κ3) is 41.4. The summed E-state index contributed by atoms with van der Waals surface area (Å²) in [6, 6.07) is 0. The Morgan fingerprint density at radius 1 is 0.661 bits per heavy atom. The van der Waals surface area contributed by atoms with E-state index >= 15 is 0 Å². The first-order valence-electron chi connectivity index (χ1n) is 21.8. The van der Waals surface area contributed by atoms with E-state index in [1.165, 1.54) is 77.0 Å². The Balaban J connectivity index is 4.54. The highest BCUT2D eigenvalue weighted by Crippen LogP contribution is 2.43. The lowest BCUT2D eigenvalue weighted by molar-refractivity contribution is -0.870. The zero-order valence-corrected chi connectivity index (χ0v) is 37.1. The number of aliphatic hydroxyl groups is 1. The highest BCUT2D eigenvalue weighted by molar-refractivity contribution is 7.47. The van der Waals surface area contributed by atoms with Crippen molar-refractivity contribution >= 4 is 13.8 Å². The maximum Gasteiger partial charge on any atom is 0.472 e. The molecule has 0 spiro atoms. The van der Waals surface area contributed by atoms with Crippen LogP contribution in [-0.2, 0) is 27.9 Å². The number of likely N-dealkylation sites (N-methyl/N-ethyl adjacent to an activating group) is 1. The molecule has 0 aromatic heterocycles. The minimum Gasteiger partial charge on any atom is -0.498 e. The molecule has 9 nitrogen and oxygen atoms in total. The number of unbranched alkanes of at least 4 members (excludes halogenated alkanes) is 14. The van der Waals surface area contributed by atoms with E-state index in [4.69, 9.17) is 18.5 Å². The Labute approximate surface area is 343 Å². The monoisotopic (exact) mass is 809 g/mol. The SMILES string of the molecule is CCCCC/C=C\C/C=C\C/C=C\C=C\[C@H](O)CCCC(=O)O[C@H](CO/C=C/CCCCCC/C=C\CCCCCCCC)COP(=O)(O)OCC[N+](C)(C)C. The first-order valence-corrected chi connectivity index (χ1v) is 23.3. The molecule has 0 aromatic carbocycles. The molecule has 0 aliphatic carbocycles. The van der Waals surface area contributed by atoms with Crippen molar-refractivity contribution in [1.82, 2.24) is 0 Å². The summed E-state index contributed by atoms with van der Waals surface area (Å²) in [5.41, 5.74) is 0. The third-order valence-corrected chi connectivity index (χ3v) is 9.89. The molecule has 0 aromatic rings. The van der Waals surface area contributed by atoms with Gasteiger partial charge in [-0.15, -0.1) is 0 Å². The van der Waals surface area contributed by atoms with Crippen LogP contribution in [0.2, 0.25) is 0 Å². The summed E-state index contributed by atoms with van der Waals surface area (Å²) < 4.78 is 34.5. The van der Waals surface area contributed by atoms with Crippen LogP contribution in [0.1, 0.15) is 155 Å². The Morgan fingerprint density at radius 2 is 1.20 bits per heavy atom. The smallest absolute Gasteiger partial charge is 0.472 e. The molecule has 0 saturated heterocycles.